The van der Waals surface area contributed by atoms with Gasteiger partial charge in [-0.1, -0.05) is 6.07 Å². The van der Waals surface area contributed by atoms with Gasteiger partial charge in [0.1, 0.15) is 5.69 Å². The Morgan fingerprint density at radius 1 is 1.54 bits per heavy atom. The zero-order chi connectivity index (χ0) is 9.68. The van der Waals surface area contributed by atoms with Gasteiger partial charge in [0.2, 0.25) is 0 Å². The number of carbonyl (C=O) groups is 1. The van der Waals surface area contributed by atoms with Crippen molar-refractivity contribution in [3.05, 3.63) is 29.6 Å². The molecule has 0 bridgehead atoms. The van der Waals surface area contributed by atoms with Gasteiger partial charge in [0, 0.05) is 12.1 Å². The number of aromatic nitrogens is 1. The molecular weight excluding hydrogens is 164 g/mol. The van der Waals surface area contributed by atoms with E-state index in [1.54, 1.807) is 6.07 Å². The molecular formula is C10H14N2O. The maximum Gasteiger partial charge on any atom is 0.181 e. The number of aryl methyl sites for hydroxylation is 1. The van der Waals surface area contributed by atoms with Gasteiger partial charge in [0.05, 0.1) is 0 Å². The number of ketones is 1. The average molecular weight is 178 g/mol. The van der Waals surface area contributed by atoms with Gasteiger partial charge in [-0.3, -0.25) is 9.78 Å². The molecule has 0 saturated heterocycles. The lowest BCUT2D eigenvalue weighted by atomic mass is 10.1. The van der Waals surface area contributed by atoms with Crippen LogP contribution in [0, 0.1) is 6.92 Å². The summed E-state index contributed by atoms with van der Waals surface area (Å²) >= 11 is 0. The fraction of sp³-hybridized carbons (Fsp3) is 0.400. The van der Waals surface area contributed by atoms with Crippen molar-refractivity contribution >= 4 is 5.78 Å². The van der Waals surface area contributed by atoms with Gasteiger partial charge in [0.25, 0.3) is 0 Å². The quantitative estimate of drug-likeness (QED) is 0.707. The second-order valence-electron chi connectivity index (χ2n) is 2.98. The predicted octanol–water partition coefficient (Wildman–Crippen LogP) is 1.31. The van der Waals surface area contributed by atoms with Gasteiger partial charge in [-0.15, -0.1) is 0 Å². The summed E-state index contributed by atoms with van der Waals surface area (Å²) in [5, 5.41) is 0. The van der Waals surface area contributed by atoms with Crippen LogP contribution in [-0.4, -0.2) is 17.3 Å². The van der Waals surface area contributed by atoms with Crippen LogP contribution in [0.25, 0.3) is 0 Å². The van der Waals surface area contributed by atoms with Crippen molar-refractivity contribution in [2.45, 2.75) is 19.8 Å². The van der Waals surface area contributed by atoms with E-state index >= 15 is 0 Å². The number of hydrogen-bond acceptors (Lipinski definition) is 3. The highest BCUT2D eigenvalue weighted by molar-refractivity contribution is 5.94. The van der Waals surface area contributed by atoms with E-state index in [1.807, 2.05) is 19.1 Å². The van der Waals surface area contributed by atoms with Crippen LogP contribution in [0.5, 0.6) is 0 Å². The van der Waals surface area contributed by atoms with E-state index in [1.165, 1.54) is 0 Å². The minimum atomic E-state index is 0.0779. The van der Waals surface area contributed by atoms with E-state index in [2.05, 4.69) is 4.98 Å². The molecule has 13 heavy (non-hydrogen) atoms. The topological polar surface area (TPSA) is 56.0 Å². The molecule has 0 aliphatic carbocycles. The molecule has 0 aliphatic rings. The van der Waals surface area contributed by atoms with Gasteiger partial charge >= 0.3 is 0 Å². The number of hydrogen-bond donors (Lipinski definition) is 1. The lowest BCUT2D eigenvalue weighted by Gasteiger charge is -1.99. The van der Waals surface area contributed by atoms with Crippen molar-refractivity contribution in [2.75, 3.05) is 6.54 Å². The van der Waals surface area contributed by atoms with Gasteiger partial charge in [-0.25, -0.2) is 0 Å². The third-order valence-electron chi connectivity index (χ3n) is 1.78. The molecule has 0 radical (unpaired) electrons. The molecule has 1 heterocycles. The Balaban J connectivity index is 2.66. The largest absolute Gasteiger partial charge is 0.330 e. The van der Waals surface area contributed by atoms with Gasteiger partial charge in [-0.05, 0) is 32.0 Å². The molecule has 0 unspecified atom stereocenters. The van der Waals surface area contributed by atoms with Crippen LogP contribution >= 0.6 is 0 Å². The van der Waals surface area contributed by atoms with Gasteiger partial charge < -0.3 is 5.73 Å². The second-order valence-corrected chi connectivity index (χ2v) is 2.98. The summed E-state index contributed by atoms with van der Waals surface area (Å²) in [6.45, 7) is 2.43. The Morgan fingerprint density at radius 2 is 2.31 bits per heavy atom. The highest BCUT2D eigenvalue weighted by Gasteiger charge is 2.05. The smallest absolute Gasteiger partial charge is 0.181 e. The minimum Gasteiger partial charge on any atom is -0.330 e. The standard InChI is InChI=1S/C10H14N2O/c1-8-4-2-5-9(12-8)10(13)6-3-7-11/h2,4-5H,3,6-7,11H2,1H3. The maximum atomic E-state index is 11.4. The zero-order valence-corrected chi connectivity index (χ0v) is 7.79. The van der Waals surface area contributed by atoms with E-state index < -0.39 is 0 Å². The average Bonchev–Trinajstić information content (AvgIpc) is 2.14. The van der Waals surface area contributed by atoms with Crippen LogP contribution in [0.4, 0.5) is 0 Å². The van der Waals surface area contributed by atoms with Crippen molar-refractivity contribution in [3.8, 4) is 0 Å². The van der Waals surface area contributed by atoms with Crippen molar-refractivity contribution in [1.29, 1.82) is 0 Å². The summed E-state index contributed by atoms with van der Waals surface area (Å²) in [5.74, 6) is 0.0779. The Labute approximate surface area is 78.0 Å². The lowest BCUT2D eigenvalue weighted by molar-refractivity contribution is 0.0976. The summed E-state index contributed by atoms with van der Waals surface area (Å²) in [6.07, 6.45) is 1.22. The summed E-state index contributed by atoms with van der Waals surface area (Å²) in [4.78, 5) is 15.6. The molecule has 70 valence electrons. The molecule has 3 nitrogen and oxygen atoms in total. The molecule has 0 atom stereocenters. The third-order valence-corrected chi connectivity index (χ3v) is 1.78. The van der Waals surface area contributed by atoms with Crippen LogP contribution in [0.2, 0.25) is 0 Å². The Bertz CT molecular complexity index is 297. The van der Waals surface area contributed by atoms with Crippen LogP contribution in [0.1, 0.15) is 29.0 Å². The molecule has 0 aliphatic heterocycles. The van der Waals surface area contributed by atoms with Crippen molar-refractivity contribution < 1.29 is 4.79 Å². The van der Waals surface area contributed by atoms with E-state index in [0.29, 0.717) is 18.7 Å². The summed E-state index contributed by atoms with van der Waals surface area (Å²) in [7, 11) is 0. The van der Waals surface area contributed by atoms with Crippen molar-refractivity contribution in [3.63, 3.8) is 0 Å². The molecule has 0 saturated carbocycles. The molecule has 1 aromatic rings. The molecule has 1 aromatic heterocycles. The molecule has 0 amide bonds. The number of carbonyl (C=O) groups excluding carboxylic acids is 1. The minimum absolute atomic E-state index is 0.0779. The highest BCUT2D eigenvalue weighted by Crippen LogP contribution is 2.03. The van der Waals surface area contributed by atoms with Crippen LogP contribution in [0.15, 0.2) is 18.2 Å². The summed E-state index contributed by atoms with van der Waals surface area (Å²) < 4.78 is 0. The first kappa shape index (κ1) is 9.86. The van der Waals surface area contributed by atoms with Crippen LogP contribution in [0.3, 0.4) is 0 Å². The lowest BCUT2D eigenvalue weighted by Crippen LogP contribution is -2.06. The number of Topliss-reactive ketones (excluding diaryl/α,β-unsaturated/α-hetero) is 1. The molecule has 1 rings (SSSR count). The van der Waals surface area contributed by atoms with Crippen LogP contribution in [-0.2, 0) is 0 Å². The number of nitrogens with two attached hydrogens (primary N) is 1. The van der Waals surface area contributed by atoms with E-state index in [0.717, 1.165) is 12.1 Å². The van der Waals surface area contributed by atoms with Crippen molar-refractivity contribution in [1.82, 2.24) is 4.98 Å². The number of rotatable bonds is 4. The molecule has 3 heteroatoms. The Hall–Kier alpha value is -1.22. The summed E-state index contributed by atoms with van der Waals surface area (Å²) in [5.41, 5.74) is 6.74. The number of pyridine rings is 1. The number of nitrogens with zero attached hydrogens (tertiary/aromatic N) is 1. The third kappa shape index (κ3) is 2.95. The Kier molecular flexibility index (Phi) is 3.58. The summed E-state index contributed by atoms with van der Waals surface area (Å²) in [6, 6.07) is 5.46. The van der Waals surface area contributed by atoms with Crippen LogP contribution < -0.4 is 5.73 Å². The first-order valence-electron chi connectivity index (χ1n) is 4.41. The second kappa shape index (κ2) is 4.72. The normalized spacial score (nSPS) is 10.0. The van der Waals surface area contributed by atoms with E-state index in [4.69, 9.17) is 5.73 Å². The fourth-order valence-electron chi connectivity index (χ4n) is 1.09. The SMILES string of the molecule is Cc1cccc(C(=O)CCCN)n1. The molecule has 0 fully saturated rings. The predicted molar refractivity (Wildman–Crippen MR) is 51.6 cm³/mol. The Morgan fingerprint density at radius 3 is 2.92 bits per heavy atom. The fourth-order valence-corrected chi connectivity index (χ4v) is 1.09. The molecule has 0 aromatic carbocycles. The monoisotopic (exact) mass is 178 g/mol. The van der Waals surface area contributed by atoms with Crippen molar-refractivity contribution in [2.24, 2.45) is 5.73 Å². The van der Waals surface area contributed by atoms with Gasteiger partial charge in [-0.2, -0.15) is 0 Å². The van der Waals surface area contributed by atoms with E-state index in [9.17, 15) is 4.79 Å². The first-order valence-corrected chi connectivity index (χ1v) is 4.41. The van der Waals surface area contributed by atoms with E-state index in [-0.39, 0.29) is 5.78 Å². The molecule has 2 N–H and O–H groups in total. The highest BCUT2D eigenvalue weighted by atomic mass is 16.1. The zero-order valence-electron chi connectivity index (χ0n) is 7.79. The first-order chi connectivity index (χ1) is 6.24. The molecule has 0 spiro atoms. The maximum absolute atomic E-state index is 11.4. The van der Waals surface area contributed by atoms with Gasteiger partial charge in [0.15, 0.2) is 5.78 Å².